The third-order valence-corrected chi connectivity index (χ3v) is 6.20. The van der Waals surface area contributed by atoms with E-state index in [-0.39, 0.29) is 12.3 Å². The lowest BCUT2D eigenvalue weighted by Gasteiger charge is -2.33. The predicted molar refractivity (Wildman–Crippen MR) is 113 cm³/mol. The summed E-state index contributed by atoms with van der Waals surface area (Å²) in [6, 6.07) is 19.3. The summed E-state index contributed by atoms with van der Waals surface area (Å²) in [5.41, 5.74) is 3.39. The van der Waals surface area contributed by atoms with Gasteiger partial charge in [0.05, 0.1) is 5.92 Å². The molecule has 0 aliphatic heterocycles. The second kappa shape index (κ2) is 9.34. The number of hydrogen-bond acceptors (Lipinski definition) is 1. The van der Waals surface area contributed by atoms with Gasteiger partial charge in [0.15, 0.2) is 0 Å². The fourth-order valence-electron chi connectivity index (χ4n) is 4.29. The molecule has 29 heavy (non-hydrogen) atoms. The average Bonchev–Trinajstić information content (AvgIpc) is 3.49. The quantitative estimate of drug-likeness (QED) is 0.454. The minimum atomic E-state index is -4.06. The molecule has 1 saturated carbocycles. The molecule has 1 fully saturated rings. The normalized spacial score (nSPS) is 20.3. The molecule has 0 bridgehead atoms. The summed E-state index contributed by atoms with van der Waals surface area (Å²) < 4.78 is 38.3. The van der Waals surface area contributed by atoms with E-state index in [1.165, 1.54) is 11.1 Å². The largest absolute Gasteiger partial charge is 0.392 e. The van der Waals surface area contributed by atoms with Gasteiger partial charge in [0.1, 0.15) is 0 Å². The van der Waals surface area contributed by atoms with Crippen molar-refractivity contribution in [2.24, 2.45) is 5.92 Å². The van der Waals surface area contributed by atoms with Crippen LogP contribution in [0.3, 0.4) is 0 Å². The van der Waals surface area contributed by atoms with E-state index in [0.29, 0.717) is 12.1 Å². The van der Waals surface area contributed by atoms with Crippen LogP contribution in [-0.2, 0) is 12.8 Å². The van der Waals surface area contributed by atoms with Gasteiger partial charge in [0, 0.05) is 18.6 Å². The molecule has 1 aliphatic rings. The monoisotopic (exact) mass is 403 g/mol. The van der Waals surface area contributed by atoms with Crippen molar-refractivity contribution in [3.05, 3.63) is 71.3 Å². The molecule has 0 amide bonds. The van der Waals surface area contributed by atoms with Gasteiger partial charge in [0.2, 0.25) is 0 Å². The Bertz CT molecular complexity index is 752. The summed E-state index contributed by atoms with van der Waals surface area (Å²) in [5.74, 6) is -1.48. The van der Waals surface area contributed by atoms with Crippen LogP contribution in [0.4, 0.5) is 13.2 Å². The van der Waals surface area contributed by atoms with E-state index in [0.717, 1.165) is 31.4 Å². The number of hydrogen-bond donors (Lipinski definition) is 0. The lowest BCUT2D eigenvalue weighted by Crippen LogP contribution is -2.40. The lowest BCUT2D eigenvalue weighted by molar-refractivity contribution is -0.148. The SMILES string of the molecule is CC(C)N(CCc1ccccc1)C(C)CCc1ccc(C2CC2C(F)(F)F)cc1. The van der Waals surface area contributed by atoms with Crippen LogP contribution in [-0.4, -0.2) is 29.7 Å². The smallest absolute Gasteiger partial charge is 0.298 e. The first-order valence-corrected chi connectivity index (χ1v) is 10.7. The highest BCUT2D eigenvalue weighted by atomic mass is 19.4. The van der Waals surface area contributed by atoms with E-state index in [9.17, 15) is 13.2 Å². The van der Waals surface area contributed by atoms with Gasteiger partial charge in [-0.25, -0.2) is 0 Å². The molecular weight excluding hydrogens is 371 g/mol. The Kier molecular flexibility index (Phi) is 7.05. The summed E-state index contributed by atoms with van der Waals surface area (Å²) >= 11 is 0. The van der Waals surface area contributed by atoms with Crippen molar-refractivity contribution in [2.75, 3.05) is 6.54 Å². The molecule has 2 aromatic carbocycles. The van der Waals surface area contributed by atoms with Crippen molar-refractivity contribution in [2.45, 2.75) is 70.6 Å². The van der Waals surface area contributed by atoms with Crippen LogP contribution in [0.15, 0.2) is 54.6 Å². The van der Waals surface area contributed by atoms with Gasteiger partial charge in [-0.05, 0) is 69.1 Å². The molecule has 4 heteroatoms. The number of nitrogens with zero attached hydrogens (tertiary/aromatic N) is 1. The molecule has 3 atom stereocenters. The second-order valence-corrected chi connectivity index (χ2v) is 8.69. The fourth-order valence-corrected chi connectivity index (χ4v) is 4.29. The maximum atomic E-state index is 12.8. The van der Waals surface area contributed by atoms with Crippen molar-refractivity contribution in [3.8, 4) is 0 Å². The molecule has 0 aromatic heterocycles. The van der Waals surface area contributed by atoms with Crippen molar-refractivity contribution in [3.63, 3.8) is 0 Å². The first kappa shape index (κ1) is 21.9. The third-order valence-electron chi connectivity index (χ3n) is 6.20. The summed E-state index contributed by atoms with van der Waals surface area (Å²) in [6.45, 7) is 7.78. The Morgan fingerprint density at radius 2 is 1.52 bits per heavy atom. The van der Waals surface area contributed by atoms with Crippen LogP contribution in [0, 0.1) is 5.92 Å². The average molecular weight is 404 g/mol. The molecule has 158 valence electrons. The van der Waals surface area contributed by atoms with E-state index in [2.05, 4.69) is 49.9 Å². The van der Waals surface area contributed by atoms with Crippen LogP contribution >= 0.6 is 0 Å². The predicted octanol–water partition coefficient (Wildman–Crippen LogP) is 6.63. The van der Waals surface area contributed by atoms with Gasteiger partial charge in [-0.1, -0.05) is 54.6 Å². The van der Waals surface area contributed by atoms with Crippen LogP contribution in [0.1, 0.15) is 56.2 Å². The molecule has 1 nitrogen and oxygen atoms in total. The van der Waals surface area contributed by atoms with E-state index >= 15 is 0 Å². The van der Waals surface area contributed by atoms with Crippen LogP contribution in [0.5, 0.6) is 0 Å². The minimum Gasteiger partial charge on any atom is -0.298 e. The van der Waals surface area contributed by atoms with Gasteiger partial charge in [-0.15, -0.1) is 0 Å². The highest BCUT2D eigenvalue weighted by Gasteiger charge is 2.55. The molecule has 3 unspecified atom stereocenters. The number of aryl methyl sites for hydroxylation is 1. The summed E-state index contributed by atoms with van der Waals surface area (Å²) in [6.07, 6.45) is -0.784. The molecule has 0 heterocycles. The van der Waals surface area contributed by atoms with Gasteiger partial charge in [-0.2, -0.15) is 13.2 Å². The first-order chi connectivity index (χ1) is 13.8. The van der Waals surface area contributed by atoms with E-state index < -0.39 is 12.1 Å². The lowest BCUT2D eigenvalue weighted by atomic mass is 10.0. The standard InChI is InChI=1S/C25H32F3N/c1-18(2)29(16-15-20-7-5-4-6-8-20)19(3)9-10-21-11-13-22(14-12-21)23-17-24(23)25(26,27)28/h4-8,11-14,18-19,23-24H,9-10,15-17H2,1-3H3. The maximum absolute atomic E-state index is 12.8. The molecule has 2 aromatic rings. The molecule has 1 aliphatic carbocycles. The van der Waals surface area contributed by atoms with Gasteiger partial charge in [0.25, 0.3) is 0 Å². The Labute approximate surface area is 172 Å². The maximum Gasteiger partial charge on any atom is 0.392 e. The molecular formula is C25H32F3N. The summed E-state index contributed by atoms with van der Waals surface area (Å²) in [7, 11) is 0. The van der Waals surface area contributed by atoms with Crippen molar-refractivity contribution >= 4 is 0 Å². The van der Waals surface area contributed by atoms with Gasteiger partial charge < -0.3 is 0 Å². The molecule has 0 saturated heterocycles. The summed E-state index contributed by atoms with van der Waals surface area (Å²) in [4.78, 5) is 2.54. The molecule has 0 N–H and O–H groups in total. The zero-order valence-corrected chi connectivity index (χ0v) is 17.6. The second-order valence-electron chi connectivity index (χ2n) is 8.69. The van der Waals surface area contributed by atoms with Crippen molar-refractivity contribution < 1.29 is 13.2 Å². The number of benzene rings is 2. The Morgan fingerprint density at radius 1 is 0.897 bits per heavy atom. The minimum absolute atomic E-state index is 0.241. The number of alkyl halides is 3. The molecule has 0 spiro atoms. The number of halogens is 3. The van der Waals surface area contributed by atoms with E-state index in [1.807, 2.05) is 30.3 Å². The Morgan fingerprint density at radius 3 is 2.07 bits per heavy atom. The zero-order valence-electron chi connectivity index (χ0n) is 17.6. The van der Waals surface area contributed by atoms with E-state index in [4.69, 9.17) is 0 Å². The molecule has 3 rings (SSSR count). The molecule has 0 radical (unpaired) electrons. The topological polar surface area (TPSA) is 3.24 Å². The van der Waals surface area contributed by atoms with Crippen LogP contribution in [0.2, 0.25) is 0 Å². The van der Waals surface area contributed by atoms with Crippen LogP contribution < -0.4 is 0 Å². The third kappa shape index (κ3) is 6.08. The highest BCUT2D eigenvalue weighted by molar-refractivity contribution is 5.30. The Hall–Kier alpha value is -1.81. The Balaban J connectivity index is 1.50. The van der Waals surface area contributed by atoms with Crippen LogP contribution in [0.25, 0.3) is 0 Å². The summed E-state index contributed by atoms with van der Waals surface area (Å²) in [5, 5.41) is 0. The zero-order chi connectivity index (χ0) is 21.0. The first-order valence-electron chi connectivity index (χ1n) is 10.7. The van der Waals surface area contributed by atoms with Gasteiger partial charge in [-0.3, -0.25) is 4.90 Å². The van der Waals surface area contributed by atoms with E-state index in [1.54, 1.807) is 0 Å². The fraction of sp³-hybridized carbons (Fsp3) is 0.520. The van der Waals surface area contributed by atoms with Gasteiger partial charge >= 0.3 is 6.18 Å². The highest BCUT2D eigenvalue weighted by Crippen LogP contribution is 2.56. The number of rotatable bonds is 9. The van der Waals surface area contributed by atoms with Crippen molar-refractivity contribution in [1.82, 2.24) is 4.90 Å². The van der Waals surface area contributed by atoms with Crippen molar-refractivity contribution in [1.29, 1.82) is 0 Å².